The molecule has 1 atom stereocenters. The van der Waals surface area contributed by atoms with Crippen molar-refractivity contribution in [3.8, 4) is 0 Å². The molecule has 3 N–H and O–H groups in total. The molecule has 0 spiro atoms. The van der Waals surface area contributed by atoms with Crippen LogP contribution in [0.4, 0.5) is 0 Å². The zero-order valence-corrected chi connectivity index (χ0v) is 12.1. The van der Waals surface area contributed by atoms with Gasteiger partial charge in [-0.2, -0.15) is 5.10 Å². The van der Waals surface area contributed by atoms with Gasteiger partial charge in [-0.25, -0.2) is 5.43 Å². The highest BCUT2D eigenvalue weighted by Crippen LogP contribution is 2.31. The first-order valence-electron chi connectivity index (χ1n) is 6.10. The van der Waals surface area contributed by atoms with Crippen LogP contribution in [0.2, 0.25) is 10.0 Å². The fraction of sp³-hybridized carbons (Fsp3) is 0.308. The summed E-state index contributed by atoms with van der Waals surface area (Å²) in [6.45, 7) is 2.87. The van der Waals surface area contributed by atoms with Gasteiger partial charge in [0.1, 0.15) is 0 Å². The summed E-state index contributed by atoms with van der Waals surface area (Å²) in [5.41, 5.74) is 4.48. The normalized spacial score (nSPS) is 12.6. The van der Waals surface area contributed by atoms with Crippen molar-refractivity contribution in [2.24, 2.45) is 5.84 Å². The largest absolute Gasteiger partial charge is 0.271 e. The summed E-state index contributed by atoms with van der Waals surface area (Å²) < 4.78 is 1.86. The molecule has 0 bridgehead atoms. The third-order valence-corrected chi connectivity index (χ3v) is 3.56. The molecule has 2 rings (SSSR count). The van der Waals surface area contributed by atoms with Crippen LogP contribution in [-0.2, 0) is 6.54 Å². The summed E-state index contributed by atoms with van der Waals surface area (Å²) in [5.74, 6) is 5.69. The van der Waals surface area contributed by atoms with E-state index in [0.717, 1.165) is 24.2 Å². The molecule has 0 amide bonds. The highest BCUT2D eigenvalue weighted by atomic mass is 35.5. The zero-order valence-electron chi connectivity index (χ0n) is 10.6. The van der Waals surface area contributed by atoms with E-state index in [0.29, 0.717) is 10.0 Å². The number of hydrazine groups is 1. The lowest BCUT2D eigenvalue weighted by atomic mass is 10.0. The number of nitrogens with one attached hydrogen (secondary N) is 1. The van der Waals surface area contributed by atoms with Crippen LogP contribution in [0, 0.1) is 0 Å². The summed E-state index contributed by atoms with van der Waals surface area (Å²) in [7, 11) is 0. The van der Waals surface area contributed by atoms with Gasteiger partial charge in [-0.15, -0.1) is 0 Å². The first-order chi connectivity index (χ1) is 9.19. The molecule has 102 valence electrons. The fourth-order valence-corrected chi connectivity index (χ4v) is 2.57. The van der Waals surface area contributed by atoms with Crippen molar-refractivity contribution in [1.29, 1.82) is 0 Å². The Hall–Kier alpha value is -1.07. The molecule has 6 heteroatoms. The third kappa shape index (κ3) is 2.92. The number of aromatic nitrogens is 2. The van der Waals surface area contributed by atoms with Gasteiger partial charge in [-0.1, -0.05) is 48.3 Å². The topological polar surface area (TPSA) is 55.9 Å². The molecular weight excluding hydrogens is 283 g/mol. The lowest BCUT2D eigenvalue weighted by Gasteiger charge is -2.19. The van der Waals surface area contributed by atoms with E-state index in [4.69, 9.17) is 29.0 Å². The van der Waals surface area contributed by atoms with E-state index in [9.17, 15) is 0 Å². The number of rotatable bonds is 5. The number of nitrogens with zero attached hydrogens (tertiary/aromatic N) is 2. The third-order valence-electron chi connectivity index (χ3n) is 2.92. The van der Waals surface area contributed by atoms with Gasteiger partial charge in [0.15, 0.2) is 0 Å². The molecule has 1 unspecified atom stereocenters. The van der Waals surface area contributed by atoms with Gasteiger partial charge >= 0.3 is 0 Å². The Morgan fingerprint density at radius 2 is 2.05 bits per heavy atom. The van der Waals surface area contributed by atoms with Crippen molar-refractivity contribution in [2.75, 3.05) is 0 Å². The molecule has 1 aromatic carbocycles. The van der Waals surface area contributed by atoms with Gasteiger partial charge in [-0.3, -0.25) is 10.5 Å². The van der Waals surface area contributed by atoms with E-state index in [1.54, 1.807) is 6.20 Å². The van der Waals surface area contributed by atoms with E-state index in [1.807, 2.05) is 28.9 Å². The van der Waals surface area contributed by atoms with E-state index in [2.05, 4.69) is 17.4 Å². The van der Waals surface area contributed by atoms with E-state index >= 15 is 0 Å². The van der Waals surface area contributed by atoms with Crippen LogP contribution in [0.1, 0.15) is 30.6 Å². The van der Waals surface area contributed by atoms with Crippen LogP contribution in [0.15, 0.2) is 30.5 Å². The maximum Gasteiger partial charge on any atom is 0.0907 e. The molecule has 0 aliphatic heterocycles. The smallest absolute Gasteiger partial charge is 0.0907 e. The SMILES string of the molecule is CCCn1ncc(Cl)c1C(NN)c1ccccc1Cl. The average Bonchev–Trinajstić information content (AvgIpc) is 2.75. The fourth-order valence-electron chi connectivity index (χ4n) is 2.07. The molecule has 4 nitrogen and oxygen atoms in total. The molecule has 0 fully saturated rings. The summed E-state index contributed by atoms with van der Waals surface area (Å²) in [5, 5.41) is 5.50. The predicted octanol–water partition coefficient (Wildman–Crippen LogP) is 3.15. The predicted molar refractivity (Wildman–Crippen MR) is 78.1 cm³/mol. The number of hydrogen-bond acceptors (Lipinski definition) is 3. The van der Waals surface area contributed by atoms with Gasteiger partial charge in [0.25, 0.3) is 0 Å². The van der Waals surface area contributed by atoms with Crippen LogP contribution in [0.3, 0.4) is 0 Å². The molecule has 19 heavy (non-hydrogen) atoms. The summed E-state index contributed by atoms with van der Waals surface area (Å²) in [6, 6.07) is 7.27. The average molecular weight is 299 g/mol. The van der Waals surface area contributed by atoms with Crippen LogP contribution in [-0.4, -0.2) is 9.78 Å². The monoisotopic (exact) mass is 298 g/mol. The van der Waals surface area contributed by atoms with Gasteiger partial charge in [-0.05, 0) is 18.1 Å². The second-order valence-electron chi connectivity index (χ2n) is 4.22. The van der Waals surface area contributed by atoms with Crippen molar-refractivity contribution in [1.82, 2.24) is 15.2 Å². The standard InChI is InChI=1S/C13H16Cl2N4/c1-2-7-19-13(11(15)8-17-19)12(18-16)9-5-3-4-6-10(9)14/h3-6,8,12,18H,2,7,16H2,1H3. The molecule has 2 aromatic rings. The zero-order chi connectivity index (χ0) is 13.8. The van der Waals surface area contributed by atoms with Crippen molar-refractivity contribution in [3.05, 3.63) is 51.8 Å². The van der Waals surface area contributed by atoms with Crippen molar-refractivity contribution < 1.29 is 0 Å². The number of hydrogen-bond donors (Lipinski definition) is 2. The van der Waals surface area contributed by atoms with Gasteiger partial charge in [0, 0.05) is 11.6 Å². The Bertz CT molecular complexity index is 553. The quantitative estimate of drug-likeness (QED) is 0.658. The second-order valence-corrected chi connectivity index (χ2v) is 5.04. The van der Waals surface area contributed by atoms with Crippen LogP contribution in [0.5, 0.6) is 0 Å². The number of benzene rings is 1. The maximum absolute atomic E-state index is 6.23. The minimum Gasteiger partial charge on any atom is -0.271 e. The molecule has 0 radical (unpaired) electrons. The van der Waals surface area contributed by atoms with Gasteiger partial charge in [0.2, 0.25) is 0 Å². The Morgan fingerprint density at radius 1 is 1.32 bits per heavy atom. The van der Waals surface area contributed by atoms with Crippen molar-refractivity contribution >= 4 is 23.2 Å². The first-order valence-corrected chi connectivity index (χ1v) is 6.86. The maximum atomic E-state index is 6.23. The summed E-state index contributed by atoms with van der Waals surface area (Å²) >= 11 is 12.5. The molecule has 0 saturated carbocycles. The van der Waals surface area contributed by atoms with Crippen molar-refractivity contribution in [3.63, 3.8) is 0 Å². The van der Waals surface area contributed by atoms with E-state index in [1.165, 1.54) is 0 Å². The van der Waals surface area contributed by atoms with Crippen molar-refractivity contribution in [2.45, 2.75) is 25.9 Å². The first kappa shape index (κ1) is 14.3. The number of nitrogens with two attached hydrogens (primary N) is 1. The highest BCUT2D eigenvalue weighted by Gasteiger charge is 2.22. The molecule has 1 heterocycles. The second kappa shape index (κ2) is 6.39. The van der Waals surface area contributed by atoms with Crippen LogP contribution in [0.25, 0.3) is 0 Å². The Kier molecular flexibility index (Phi) is 4.82. The Balaban J connectivity index is 2.48. The summed E-state index contributed by atoms with van der Waals surface area (Å²) in [4.78, 5) is 0. The molecule has 0 saturated heterocycles. The minimum atomic E-state index is -0.282. The summed E-state index contributed by atoms with van der Waals surface area (Å²) in [6.07, 6.45) is 2.60. The molecule has 1 aromatic heterocycles. The Morgan fingerprint density at radius 3 is 2.68 bits per heavy atom. The lowest BCUT2D eigenvalue weighted by Crippen LogP contribution is -2.31. The van der Waals surface area contributed by atoms with Crippen LogP contribution >= 0.6 is 23.2 Å². The molecular formula is C13H16Cl2N4. The molecule has 0 aliphatic carbocycles. The minimum absolute atomic E-state index is 0.282. The number of halogens is 2. The van der Waals surface area contributed by atoms with E-state index in [-0.39, 0.29) is 6.04 Å². The highest BCUT2D eigenvalue weighted by molar-refractivity contribution is 6.32. The van der Waals surface area contributed by atoms with Crippen LogP contribution < -0.4 is 11.3 Å². The number of aryl methyl sites for hydroxylation is 1. The van der Waals surface area contributed by atoms with Gasteiger partial charge < -0.3 is 0 Å². The van der Waals surface area contributed by atoms with E-state index < -0.39 is 0 Å². The van der Waals surface area contributed by atoms with Gasteiger partial charge in [0.05, 0.1) is 23.0 Å². The lowest BCUT2D eigenvalue weighted by molar-refractivity contribution is 0.521. The molecule has 0 aliphatic rings. The Labute approximate surface area is 122 Å².